The second-order valence-corrected chi connectivity index (χ2v) is 6.55. The third-order valence-electron chi connectivity index (χ3n) is 4.00. The van der Waals surface area contributed by atoms with Gasteiger partial charge in [0.15, 0.2) is 0 Å². The van der Waals surface area contributed by atoms with Crippen LogP contribution in [-0.2, 0) is 27.3 Å². The Balaban J connectivity index is 1.41. The fraction of sp³-hybridized carbons (Fsp3) is 0.562. The monoisotopic (exact) mass is 350 g/mol. The molecule has 0 unspecified atom stereocenters. The Hall–Kier alpha value is -1.77. The van der Waals surface area contributed by atoms with Gasteiger partial charge in [0, 0.05) is 24.6 Å². The number of aromatic amines is 1. The molecular formula is C16H22N4O3S. The van der Waals surface area contributed by atoms with Gasteiger partial charge in [0.2, 0.25) is 5.91 Å². The Kier molecular flexibility index (Phi) is 6.33. The fourth-order valence-electron chi connectivity index (χ4n) is 2.69. The summed E-state index contributed by atoms with van der Waals surface area (Å²) in [6.07, 6.45) is 6.45. The standard InChI is InChI=1S/C16H22N4O3S/c21-16(3-1-2-12-6-18-19-7-12)20-14-4-5-22-9-15(14)23-8-13-10-24-11-17-13/h6-7,10-11,14-15H,1-5,8-9H2,(H,18,19)(H,20,21)/t14-,15-/m1/s1. The summed E-state index contributed by atoms with van der Waals surface area (Å²) in [5.41, 5.74) is 3.82. The number of ether oxygens (including phenoxy) is 2. The summed E-state index contributed by atoms with van der Waals surface area (Å²) < 4.78 is 11.4. The van der Waals surface area contributed by atoms with E-state index in [9.17, 15) is 4.79 Å². The van der Waals surface area contributed by atoms with E-state index in [-0.39, 0.29) is 18.1 Å². The molecule has 3 rings (SSSR count). The Bertz CT molecular complexity index is 603. The lowest BCUT2D eigenvalue weighted by molar-refractivity contribution is -0.126. The number of thiazole rings is 1. The van der Waals surface area contributed by atoms with Crippen molar-refractivity contribution < 1.29 is 14.3 Å². The second-order valence-electron chi connectivity index (χ2n) is 5.83. The topological polar surface area (TPSA) is 89.1 Å². The Morgan fingerprint density at radius 3 is 3.29 bits per heavy atom. The molecule has 8 heteroatoms. The summed E-state index contributed by atoms with van der Waals surface area (Å²) in [7, 11) is 0. The van der Waals surface area contributed by atoms with Crippen molar-refractivity contribution in [1.29, 1.82) is 0 Å². The normalized spacial score (nSPS) is 20.8. The number of carbonyl (C=O) groups is 1. The molecule has 0 aliphatic carbocycles. The van der Waals surface area contributed by atoms with E-state index in [0.29, 0.717) is 26.2 Å². The summed E-state index contributed by atoms with van der Waals surface area (Å²) in [5, 5.41) is 11.7. The van der Waals surface area contributed by atoms with Crippen LogP contribution in [0.2, 0.25) is 0 Å². The average molecular weight is 350 g/mol. The van der Waals surface area contributed by atoms with Gasteiger partial charge in [-0.05, 0) is 24.8 Å². The molecule has 7 nitrogen and oxygen atoms in total. The van der Waals surface area contributed by atoms with Crippen LogP contribution in [0.3, 0.4) is 0 Å². The van der Waals surface area contributed by atoms with E-state index in [4.69, 9.17) is 9.47 Å². The highest BCUT2D eigenvalue weighted by Gasteiger charge is 2.28. The van der Waals surface area contributed by atoms with Gasteiger partial charge in [-0.3, -0.25) is 9.89 Å². The lowest BCUT2D eigenvalue weighted by atomic mass is 10.1. The first-order valence-corrected chi connectivity index (χ1v) is 9.09. The molecule has 2 atom stereocenters. The minimum Gasteiger partial charge on any atom is -0.379 e. The maximum absolute atomic E-state index is 12.2. The lowest BCUT2D eigenvalue weighted by Gasteiger charge is -2.32. The molecule has 1 aliphatic heterocycles. The molecule has 2 N–H and O–H groups in total. The molecule has 0 radical (unpaired) electrons. The van der Waals surface area contributed by atoms with E-state index in [2.05, 4.69) is 20.5 Å². The third-order valence-corrected chi connectivity index (χ3v) is 4.64. The van der Waals surface area contributed by atoms with Crippen molar-refractivity contribution in [1.82, 2.24) is 20.5 Å². The zero-order chi connectivity index (χ0) is 16.6. The summed E-state index contributed by atoms with van der Waals surface area (Å²) in [6.45, 7) is 1.60. The zero-order valence-electron chi connectivity index (χ0n) is 13.4. The molecule has 1 saturated heterocycles. The van der Waals surface area contributed by atoms with Gasteiger partial charge < -0.3 is 14.8 Å². The van der Waals surface area contributed by atoms with Crippen LogP contribution >= 0.6 is 11.3 Å². The molecule has 2 aromatic rings. The second kappa shape index (κ2) is 8.91. The number of nitrogens with zero attached hydrogens (tertiary/aromatic N) is 2. The Labute approximate surface area is 144 Å². The van der Waals surface area contributed by atoms with Gasteiger partial charge in [-0.1, -0.05) is 0 Å². The number of hydrogen-bond donors (Lipinski definition) is 2. The number of carbonyl (C=O) groups excluding carboxylic acids is 1. The number of hydrogen-bond acceptors (Lipinski definition) is 6. The predicted molar refractivity (Wildman–Crippen MR) is 89.6 cm³/mol. The highest BCUT2D eigenvalue weighted by molar-refractivity contribution is 7.07. The number of aromatic nitrogens is 3. The maximum Gasteiger partial charge on any atom is 0.220 e. The summed E-state index contributed by atoms with van der Waals surface area (Å²) >= 11 is 1.55. The molecule has 1 aliphatic rings. The Morgan fingerprint density at radius 2 is 2.50 bits per heavy atom. The van der Waals surface area contributed by atoms with Crippen LogP contribution in [0.5, 0.6) is 0 Å². The molecule has 2 aromatic heterocycles. The van der Waals surface area contributed by atoms with E-state index in [1.807, 2.05) is 11.6 Å². The van der Waals surface area contributed by atoms with E-state index in [0.717, 1.165) is 30.5 Å². The van der Waals surface area contributed by atoms with E-state index in [1.54, 1.807) is 23.0 Å². The molecule has 0 saturated carbocycles. The molecule has 0 bridgehead atoms. The van der Waals surface area contributed by atoms with Crippen LogP contribution in [0.4, 0.5) is 0 Å². The van der Waals surface area contributed by atoms with E-state index in [1.165, 1.54) is 0 Å². The predicted octanol–water partition coefficient (Wildman–Crippen LogP) is 1.68. The van der Waals surface area contributed by atoms with E-state index < -0.39 is 0 Å². The van der Waals surface area contributed by atoms with Gasteiger partial charge in [0.1, 0.15) is 6.10 Å². The number of rotatable bonds is 8. The molecular weight excluding hydrogens is 328 g/mol. The fourth-order valence-corrected chi connectivity index (χ4v) is 3.23. The Morgan fingerprint density at radius 1 is 1.54 bits per heavy atom. The summed E-state index contributed by atoms with van der Waals surface area (Å²) in [5.74, 6) is 0.0626. The van der Waals surface area contributed by atoms with Crippen LogP contribution in [0.25, 0.3) is 0 Å². The first-order chi connectivity index (χ1) is 11.8. The van der Waals surface area contributed by atoms with Crippen LogP contribution in [0, 0.1) is 0 Å². The van der Waals surface area contributed by atoms with Crippen LogP contribution in [0.15, 0.2) is 23.3 Å². The molecule has 1 fully saturated rings. The van der Waals surface area contributed by atoms with Gasteiger partial charge in [-0.2, -0.15) is 5.10 Å². The highest BCUT2D eigenvalue weighted by atomic mass is 32.1. The molecule has 130 valence electrons. The van der Waals surface area contributed by atoms with Gasteiger partial charge >= 0.3 is 0 Å². The summed E-state index contributed by atoms with van der Waals surface area (Å²) in [4.78, 5) is 16.4. The minimum absolute atomic E-state index is 0.00110. The van der Waals surface area contributed by atoms with Gasteiger partial charge in [-0.25, -0.2) is 4.98 Å². The van der Waals surface area contributed by atoms with Crippen molar-refractivity contribution in [2.45, 2.75) is 44.4 Å². The molecule has 0 aromatic carbocycles. The zero-order valence-corrected chi connectivity index (χ0v) is 14.3. The lowest BCUT2D eigenvalue weighted by Crippen LogP contribution is -2.49. The number of amides is 1. The van der Waals surface area contributed by atoms with Gasteiger partial charge in [0.05, 0.1) is 36.7 Å². The number of H-pyrrole nitrogens is 1. The smallest absolute Gasteiger partial charge is 0.220 e. The maximum atomic E-state index is 12.2. The van der Waals surface area contributed by atoms with Crippen molar-refractivity contribution in [3.05, 3.63) is 34.5 Å². The molecule has 3 heterocycles. The van der Waals surface area contributed by atoms with Crippen LogP contribution < -0.4 is 5.32 Å². The quantitative estimate of drug-likeness (QED) is 0.756. The average Bonchev–Trinajstić information content (AvgIpc) is 3.28. The van der Waals surface area contributed by atoms with E-state index >= 15 is 0 Å². The number of nitrogens with one attached hydrogen (secondary N) is 2. The SMILES string of the molecule is O=C(CCCc1cn[nH]c1)N[C@@H]1CCOC[C@H]1OCc1cscn1. The first-order valence-electron chi connectivity index (χ1n) is 8.14. The number of aryl methyl sites for hydroxylation is 1. The van der Waals surface area contributed by atoms with Crippen molar-refractivity contribution in [2.24, 2.45) is 0 Å². The van der Waals surface area contributed by atoms with Crippen molar-refractivity contribution in [2.75, 3.05) is 13.2 Å². The van der Waals surface area contributed by atoms with Crippen LogP contribution in [0.1, 0.15) is 30.5 Å². The van der Waals surface area contributed by atoms with Crippen molar-refractivity contribution in [3.8, 4) is 0 Å². The molecule has 1 amide bonds. The molecule has 24 heavy (non-hydrogen) atoms. The largest absolute Gasteiger partial charge is 0.379 e. The van der Waals surface area contributed by atoms with Crippen molar-refractivity contribution in [3.63, 3.8) is 0 Å². The van der Waals surface area contributed by atoms with Gasteiger partial charge in [-0.15, -0.1) is 11.3 Å². The highest BCUT2D eigenvalue weighted by Crippen LogP contribution is 2.14. The molecule has 0 spiro atoms. The minimum atomic E-state index is -0.127. The summed E-state index contributed by atoms with van der Waals surface area (Å²) in [6, 6.07) is -0.00110. The first kappa shape index (κ1) is 17.1. The van der Waals surface area contributed by atoms with Crippen LogP contribution in [-0.4, -0.2) is 46.4 Å². The van der Waals surface area contributed by atoms with Crippen molar-refractivity contribution >= 4 is 17.2 Å². The van der Waals surface area contributed by atoms with Gasteiger partial charge in [0.25, 0.3) is 0 Å². The third kappa shape index (κ3) is 5.12.